The predicted octanol–water partition coefficient (Wildman–Crippen LogP) is 3.86. The maximum absolute atomic E-state index is 12.5. The van der Waals surface area contributed by atoms with Crippen molar-refractivity contribution in [3.8, 4) is 17.5 Å². The number of aryl methyl sites for hydroxylation is 1. The number of alkyl halides is 3. The molecule has 0 aliphatic carbocycles. The molecule has 0 radical (unpaired) electrons. The fraction of sp³-hybridized carbons (Fsp3) is 0.167. The fourth-order valence-corrected chi connectivity index (χ4v) is 2.40. The van der Waals surface area contributed by atoms with Crippen LogP contribution in [0.1, 0.15) is 32.4 Å². The van der Waals surface area contributed by atoms with Gasteiger partial charge in [0.05, 0.1) is 12.3 Å². The van der Waals surface area contributed by atoms with Crippen molar-refractivity contribution < 1.29 is 31.7 Å². The number of nitrogens with zero attached hydrogens (tertiary/aromatic N) is 3. The van der Waals surface area contributed by atoms with Gasteiger partial charge in [0.2, 0.25) is 11.6 Å². The van der Waals surface area contributed by atoms with Gasteiger partial charge in [0.1, 0.15) is 0 Å². The smallest absolute Gasteiger partial charge is 0.461 e. The largest absolute Gasteiger partial charge is 0.471 e. The molecule has 0 unspecified atom stereocenters. The highest BCUT2D eigenvalue weighted by atomic mass is 19.4. The molecule has 2 heterocycles. The van der Waals surface area contributed by atoms with Crippen LogP contribution >= 0.6 is 0 Å². The van der Waals surface area contributed by atoms with E-state index in [1.165, 1.54) is 36.6 Å². The number of benzene rings is 1. The average molecular weight is 389 g/mol. The number of carbonyl (C=O) groups is 2. The van der Waals surface area contributed by atoms with E-state index in [-0.39, 0.29) is 22.7 Å². The van der Waals surface area contributed by atoms with Gasteiger partial charge in [0.15, 0.2) is 17.5 Å². The van der Waals surface area contributed by atoms with E-state index in [1.54, 1.807) is 13.0 Å². The van der Waals surface area contributed by atoms with E-state index in [1.807, 2.05) is 0 Å². The van der Waals surface area contributed by atoms with Crippen molar-refractivity contribution in [3.05, 3.63) is 59.4 Å². The van der Waals surface area contributed by atoms with Gasteiger partial charge < -0.3 is 8.94 Å². The zero-order chi connectivity index (χ0) is 20.5. The number of rotatable bonds is 5. The predicted molar refractivity (Wildman–Crippen MR) is 85.9 cm³/mol. The molecule has 2 aromatic heterocycles. The Morgan fingerprint density at radius 1 is 1.14 bits per heavy atom. The molecule has 0 saturated heterocycles. The number of halogens is 3. The molecule has 0 bridgehead atoms. The Balaban J connectivity index is 1.83. The zero-order valence-corrected chi connectivity index (χ0v) is 14.1. The van der Waals surface area contributed by atoms with E-state index in [4.69, 9.17) is 4.42 Å². The summed E-state index contributed by atoms with van der Waals surface area (Å²) in [7, 11) is 0. The Labute approximate surface area is 155 Å². The minimum absolute atomic E-state index is 0.0207. The number of hydrogen-bond acceptors (Lipinski definition) is 7. The number of Topliss-reactive ketones (excluding diaryl/α,β-unsaturated/α-hetero) is 2. The molecule has 3 aromatic rings. The summed E-state index contributed by atoms with van der Waals surface area (Å²) < 4.78 is 46.8. The third-order valence-electron chi connectivity index (χ3n) is 3.84. The highest BCUT2D eigenvalue weighted by Crippen LogP contribution is 2.29. The Morgan fingerprint density at radius 2 is 1.82 bits per heavy atom. The van der Waals surface area contributed by atoms with Crippen LogP contribution < -0.4 is 0 Å². The summed E-state index contributed by atoms with van der Waals surface area (Å²) in [5, 5.41) is 12.5. The Bertz CT molecular complexity index is 1070. The maximum atomic E-state index is 12.5. The zero-order valence-electron chi connectivity index (χ0n) is 14.1. The van der Waals surface area contributed by atoms with Crippen molar-refractivity contribution in [3.63, 3.8) is 0 Å². The minimum Gasteiger partial charge on any atom is -0.461 e. The second-order valence-corrected chi connectivity index (χ2v) is 5.72. The first kappa shape index (κ1) is 19.0. The number of nitriles is 1. The molecular weight excluding hydrogens is 379 g/mol. The van der Waals surface area contributed by atoms with Gasteiger partial charge in [-0.3, -0.25) is 9.59 Å². The van der Waals surface area contributed by atoms with E-state index in [0.717, 1.165) is 0 Å². The van der Waals surface area contributed by atoms with Crippen LogP contribution in [0.2, 0.25) is 0 Å². The van der Waals surface area contributed by atoms with E-state index in [9.17, 15) is 28.0 Å². The molecule has 10 heteroatoms. The molecule has 0 spiro atoms. The topological polar surface area (TPSA) is 110 Å². The van der Waals surface area contributed by atoms with Crippen LogP contribution in [0.5, 0.6) is 0 Å². The number of furan rings is 1. The van der Waals surface area contributed by atoms with Gasteiger partial charge in [-0.15, -0.1) is 0 Å². The van der Waals surface area contributed by atoms with Crippen molar-refractivity contribution in [1.82, 2.24) is 10.1 Å². The molecule has 0 fully saturated rings. The van der Waals surface area contributed by atoms with Crippen LogP contribution in [0.3, 0.4) is 0 Å². The lowest BCUT2D eigenvalue weighted by molar-refractivity contribution is -0.159. The molecule has 0 saturated carbocycles. The van der Waals surface area contributed by atoms with Crippen LogP contribution in [0.4, 0.5) is 13.2 Å². The average Bonchev–Trinajstić information content (AvgIpc) is 3.31. The van der Waals surface area contributed by atoms with Crippen molar-refractivity contribution in [2.75, 3.05) is 0 Å². The van der Waals surface area contributed by atoms with E-state index in [0.29, 0.717) is 5.56 Å². The molecule has 28 heavy (non-hydrogen) atoms. The Hall–Kier alpha value is -3.74. The summed E-state index contributed by atoms with van der Waals surface area (Å²) >= 11 is 0. The first-order chi connectivity index (χ1) is 13.2. The van der Waals surface area contributed by atoms with Gasteiger partial charge in [-0.1, -0.05) is 29.4 Å². The van der Waals surface area contributed by atoms with E-state index < -0.39 is 29.6 Å². The molecule has 3 rings (SSSR count). The molecule has 1 aromatic carbocycles. The monoisotopic (exact) mass is 389 g/mol. The second kappa shape index (κ2) is 7.11. The molecular formula is C18H10F3N3O4. The molecule has 7 nitrogen and oxygen atoms in total. The lowest BCUT2D eigenvalue weighted by Gasteiger charge is -2.07. The molecule has 0 N–H and O–H groups in total. The molecule has 0 amide bonds. The maximum Gasteiger partial charge on any atom is 0.471 e. The number of hydrogen-bond donors (Lipinski definition) is 0. The first-order valence-corrected chi connectivity index (χ1v) is 7.76. The minimum atomic E-state index is -4.77. The van der Waals surface area contributed by atoms with Gasteiger partial charge in [-0.2, -0.15) is 23.4 Å². The van der Waals surface area contributed by atoms with Crippen molar-refractivity contribution in [1.29, 1.82) is 5.26 Å². The van der Waals surface area contributed by atoms with E-state index >= 15 is 0 Å². The molecule has 1 atom stereocenters. The lowest BCUT2D eigenvalue weighted by atomic mass is 9.92. The van der Waals surface area contributed by atoms with Gasteiger partial charge in [0, 0.05) is 11.1 Å². The summed E-state index contributed by atoms with van der Waals surface area (Å²) in [6, 6.07) is 8.28. The number of ketones is 2. The highest BCUT2D eigenvalue weighted by molar-refractivity contribution is 6.17. The van der Waals surface area contributed by atoms with Crippen molar-refractivity contribution in [2.45, 2.75) is 13.1 Å². The van der Waals surface area contributed by atoms with Crippen LogP contribution in [0, 0.1) is 24.2 Å². The summed E-state index contributed by atoms with van der Waals surface area (Å²) in [5.41, 5.74) is 0.677. The third-order valence-corrected chi connectivity index (χ3v) is 3.84. The standard InChI is InChI=1S/C18H10F3N3O4/c1-9-6-7-27-15(9)14(26)12(8-22)13(25)10-2-4-11(5-3-10)16-23-17(28-24-16)18(19,20)21/h2-7,12H,1H3/t12-/m1/s1. The fourth-order valence-electron chi connectivity index (χ4n) is 2.40. The van der Waals surface area contributed by atoms with Crippen LogP contribution in [0.25, 0.3) is 11.4 Å². The number of aromatic nitrogens is 2. The summed E-state index contributed by atoms with van der Waals surface area (Å²) in [4.78, 5) is 28.1. The Kier molecular flexibility index (Phi) is 4.83. The summed E-state index contributed by atoms with van der Waals surface area (Å²) in [6.07, 6.45) is -3.50. The first-order valence-electron chi connectivity index (χ1n) is 7.76. The van der Waals surface area contributed by atoms with Crippen molar-refractivity contribution in [2.24, 2.45) is 5.92 Å². The lowest BCUT2D eigenvalue weighted by Crippen LogP contribution is -2.23. The Morgan fingerprint density at radius 3 is 2.32 bits per heavy atom. The summed E-state index contributed by atoms with van der Waals surface area (Å²) in [6.45, 7) is 1.60. The van der Waals surface area contributed by atoms with E-state index in [2.05, 4.69) is 14.7 Å². The van der Waals surface area contributed by atoms with Crippen molar-refractivity contribution >= 4 is 11.6 Å². The van der Waals surface area contributed by atoms with Gasteiger partial charge in [-0.25, -0.2) is 0 Å². The summed E-state index contributed by atoms with van der Waals surface area (Å²) in [5.74, 6) is -5.04. The third kappa shape index (κ3) is 3.55. The van der Waals surface area contributed by atoms with Gasteiger partial charge in [0.25, 0.3) is 0 Å². The van der Waals surface area contributed by atoms with Crippen LogP contribution in [-0.4, -0.2) is 21.7 Å². The SMILES string of the molecule is Cc1ccoc1C(=O)[C@H](C#N)C(=O)c1ccc(-c2noc(C(F)(F)F)n2)cc1. The van der Waals surface area contributed by atoms with Crippen LogP contribution in [0.15, 0.2) is 45.5 Å². The second-order valence-electron chi connectivity index (χ2n) is 5.72. The van der Waals surface area contributed by atoms with Gasteiger partial charge in [-0.05, 0) is 18.6 Å². The van der Waals surface area contributed by atoms with Gasteiger partial charge >= 0.3 is 12.1 Å². The quantitative estimate of drug-likeness (QED) is 0.481. The highest BCUT2D eigenvalue weighted by Gasteiger charge is 2.38. The molecule has 142 valence electrons. The molecule has 0 aliphatic rings. The van der Waals surface area contributed by atoms with Crippen LogP contribution in [-0.2, 0) is 6.18 Å². The normalized spacial score (nSPS) is 12.4. The number of carbonyl (C=O) groups excluding carboxylic acids is 2. The molecule has 0 aliphatic heterocycles.